The standard InChI is InChI=1S/C20H30N6O2/c1-20(2,3)17-7-8-18(27)26(24-17)13-12-25-11-5-4-6-15(25)14-21-19(28)16-9-10-22-23-16/h7-10,15H,4-6,11-14H2,1-3H3,(H,21,28)(H,22,23). The van der Waals surface area contributed by atoms with Gasteiger partial charge < -0.3 is 5.32 Å². The number of hydrogen-bond acceptors (Lipinski definition) is 5. The summed E-state index contributed by atoms with van der Waals surface area (Å²) in [7, 11) is 0. The van der Waals surface area contributed by atoms with Gasteiger partial charge in [0.15, 0.2) is 0 Å². The molecule has 152 valence electrons. The lowest BCUT2D eigenvalue weighted by Gasteiger charge is -2.35. The number of amides is 1. The van der Waals surface area contributed by atoms with E-state index in [1.165, 1.54) is 0 Å². The molecule has 1 unspecified atom stereocenters. The zero-order chi connectivity index (χ0) is 20.1. The molecule has 3 rings (SSSR count). The first-order chi connectivity index (χ1) is 13.3. The Bertz CT molecular complexity index is 837. The molecule has 2 aromatic heterocycles. The number of likely N-dealkylation sites (tertiary alicyclic amines) is 1. The number of aromatic amines is 1. The first-order valence-corrected chi connectivity index (χ1v) is 9.95. The quantitative estimate of drug-likeness (QED) is 0.785. The first-order valence-electron chi connectivity index (χ1n) is 9.95. The van der Waals surface area contributed by atoms with Gasteiger partial charge in [0.1, 0.15) is 5.69 Å². The average Bonchev–Trinajstić information content (AvgIpc) is 3.20. The van der Waals surface area contributed by atoms with Crippen molar-refractivity contribution in [2.45, 2.75) is 58.0 Å². The highest BCUT2D eigenvalue weighted by Crippen LogP contribution is 2.19. The minimum Gasteiger partial charge on any atom is -0.349 e. The lowest BCUT2D eigenvalue weighted by Crippen LogP contribution is -2.48. The van der Waals surface area contributed by atoms with Gasteiger partial charge in [-0.15, -0.1) is 0 Å². The molecule has 1 atom stereocenters. The Morgan fingerprint density at radius 3 is 2.79 bits per heavy atom. The SMILES string of the molecule is CC(C)(C)c1ccc(=O)n(CCN2CCCCC2CNC(=O)c2ccn[nH]2)n1. The van der Waals surface area contributed by atoms with Crippen LogP contribution in [0.3, 0.4) is 0 Å². The topological polar surface area (TPSA) is 95.9 Å². The molecule has 1 fully saturated rings. The Hall–Kier alpha value is -2.48. The highest BCUT2D eigenvalue weighted by molar-refractivity contribution is 5.92. The zero-order valence-electron chi connectivity index (χ0n) is 16.9. The summed E-state index contributed by atoms with van der Waals surface area (Å²) in [6, 6.07) is 5.34. The predicted molar refractivity (Wildman–Crippen MR) is 107 cm³/mol. The average molecular weight is 386 g/mol. The van der Waals surface area contributed by atoms with Crippen LogP contribution in [0.15, 0.2) is 29.2 Å². The van der Waals surface area contributed by atoms with Gasteiger partial charge in [-0.25, -0.2) is 4.68 Å². The van der Waals surface area contributed by atoms with Gasteiger partial charge >= 0.3 is 0 Å². The molecular formula is C20H30N6O2. The molecule has 28 heavy (non-hydrogen) atoms. The fourth-order valence-corrected chi connectivity index (χ4v) is 3.51. The minimum atomic E-state index is -0.140. The maximum atomic E-state index is 12.2. The Labute approximate surface area is 165 Å². The summed E-state index contributed by atoms with van der Waals surface area (Å²) in [6.45, 7) is 9.12. The number of piperidine rings is 1. The van der Waals surface area contributed by atoms with Crippen LogP contribution in [0.25, 0.3) is 0 Å². The van der Waals surface area contributed by atoms with Gasteiger partial charge in [-0.05, 0) is 31.5 Å². The molecule has 1 aliphatic heterocycles. The van der Waals surface area contributed by atoms with Crippen LogP contribution in [-0.4, -0.2) is 56.5 Å². The third kappa shape index (κ3) is 5.07. The van der Waals surface area contributed by atoms with E-state index in [0.29, 0.717) is 18.8 Å². The molecule has 1 amide bonds. The van der Waals surface area contributed by atoms with Gasteiger partial charge in [-0.3, -0.25) is 19.6 Å². The second-order valence-electron chi connectivity index (χ2n) is 8.40. The van der Waals surface area contributed by atoms with Crippen LogP contribution in [0, 0.1) is 0 Å². The van der Waals surface area contributed by atoms with Crippen molar-refractivity contribution in [3.8, 4) is 0 Å². The molecule has 0 saturated carbocycles. The van der Waals surface area contributed by atoms with Gasteiger partial charge in [-0.2, -0.15) is 10.2 Å². The van der Waals surface area contributed by atoms with E-state index < -0.39 is 0 Å². The van der Waals surface area contributed by atoms with E-state index in [0.717, 1.165) is 38.0 Å². The molecule has 2 aromatic rings. The van der Waals surface area contributed by atoms with Crippen LogP contribution in [0.2, 0.25) is 0 Å². The van der Waals surface area contributed by atoms with Crippen molar-refractivity contribution >= 4 is 5.91 Å². The molecule has 0 aromatic carbocycles. The number of H-pyrrole nitrogens is 1. The number of rotatable bonds is 6. The smallest absolute Gasteiger partial charge is 0.269 e. The van der Waals surface area contributed by atoms with E-state index >= 15 is 0 Å². The van der Waals surface area contributed by atoms with Crippen molar-refractivity contribution < 1.29 is 4.79 Å². The molecule has 2 N–H and O–H groups in total. The summed E-state index contributed by atoms with van der Waals surface area (Å²) in [4.78, 5) is 26.7. The van der Waals surface area contributed by atoms with Crippen molar-refractivity contribution in [1.82, 2.24) is 30.2 Å². The lowest BCUT2D eigenvalue weighted by atomic mass is 9.92. The van der Waals surface area contributed by atoms with Crippen LogP contribution in [0.5, 0.6) is 0 Å². The Morgan fingerprint density at radius 2 is 2.07 bits per heavy atom. The molecule has 0 spiro atoms. The van der Waals surface area contributed by atoms with Gasteiger partial charge in [0, 0.05) is 36.8 Å². The van der Waals surface area contributed by atoms with Crippen LogP contribution in [-0.2, 0) is 12.0 Å². The lowest BCUT2D eigenvalue weighted by molar-refractivity contribution is 0.0904. The number of carbonyl (C=O) groups is 1. The van der Waals surface area contributed by atoms with Crippen molar-refractivity contribution in [3.05, 3.63) is 46.1 Å². The van der Waals surface area contributed by atoms with E-state index in [2.05, 4.69) is 46.3 Å². The molecule has 8 heteroatoms. The third-order valence-corrected chi connectivity index (χ3v) is 5.23. The zero-order valence-corrected chi connectivity index (χ0v) is 16.9. The van der Waals surface area contributed by atoms with Crippen LogP contribution < -0.4 is 10.9 Å². The molecular weight excluding hydrogens is 356 g/mol. The van der Waals surface area contributed by atoms with E-state index in [-0.39, 0.29) is 22.9 Å². The molecule has 8 nitrogen and oxygen atoms in total. The van der Waals surface area contributed by atoms with Gasteiger partial charge in [0.05, 0.1) is 12.2 Å². The van der Waals surface area contributed by atoms with E-state index in [4.69, 9.17) is 0 Å². The fraction of sp³-hybridized carbons (Fsp3) is 0.600. The fourth-order valence-electron chi connectivity index (χ4n) is 3.51. The molecule has 0 aliphatic carbocycles. The van der Waals surface area contributed by atoms with E-state index in [1.807, 2.05) is 6.07 Å². The maximum absolute atomic E-state index is 12.2. The van der Waals surface area contributed by atoms with Crippen LogP contribution in [0.1, 0.15) is 56.2 Å². The largest absolute Gasteiger partial charge is 0.349 e. The third-order valence-electron chi connectivity index (χ3n) is 5.23. The predicted octanol–water partition coefficient (Wildman–Crippen LogP) is 1.55. The van der Waals surface area contributed by atoms with Crippen LogP contribution >= 0.6 is 0 Å². The van der Waals surface area contributed by atoms with Crippen LogP contribution in [0.4, 0.5) is 0 Å². The molecule has 0 bridgehead atoms. The van der Waals surface area contributed by atoms with Crippen molar-refractivity contribution in [1.29, 1.82) is 0 Å². The number of hydrogen-bond donors (Lipinski definition) is 2. The summed E-state index contributed by atoms with van der Waals surface area (Å²) in [5.41, 5.74) is 1.21. The van der Waals surface area contributed by atoms with Crippen molar-refractivity contribution in [3.63, 3.8) is 0 Å². The molecule has 3 heterocycles. The summed E-state index contributed by atoms with van der Waals surface area (Å²) in [6.07, 6.45) is 4.89. The monoisotopic (exact) mass is 386 g/mol. The number of nitrogens with one attached hydrogen (secondary N) is 2. The Kier molecular flexibility index (Phi) is 6.28. The summed E-state index contributed by atoms with van der Waals surface area (Å²) in [5.74, 6) is -0.140. The highest BCUT2D eigenvalue weighted by Gasteiger charge is 2.23. The normalized spacial score (nSPS) is 18.2. The first kappa shape index (κ1) is 20.3. The molecule has 1 aliphatic rings. The Balaban J connectivity index is 1.60. The van der Waals surface area contributed by atoms with Crippen molar-refractivity contribution in [2.75, 3.05) is 19.6 Å². The minimum absolute atomic E-state index is 0.0749. The molecule has 0 radical (unpaired) electrons. The summed E-state index contributed by atoms with van der Waals surface area (Å²) in [5, 5.41) is 14.0. The summed E-state index contributed by atoms with van der Waals surface area (Å²) >= 11 is 0. The van der Waals surface area contributed by atoms with Gasteiger partial charge in [0.25, 0.3) is 11.5 Å². The number of carbonyl (C=O) groups excluding carboxylic acids is 1. The molecule has 1 saturated heterocycles. The summed E-state index contributed by atoms with van der Waals surface area (Å²) < 4.78 is 1.56. The Morgan fingerprint density at radius 1 is 1.25 bits per heavy atom. The number of aromatic nitrogens is 4. The van der Waals surface area contributed by atoms with E-state index in [9.17, 15) is 9.59 Å². The van der Waals surface area contributed by atoms with Gasteiger partial charge in [0.2, 0.25) is 0 Å². The second-order valence-corrected chi connectivity index (χ2v) is 8.40. The van der Waals surface area contributed by atoms with Gasteiger partial charge in [-0.1, -0.05) is 27.2 Å². The maximum Gasteiger partial charge on any atom is 0.269 e. The highest BCUT2D eigenvalue weighted by atomic mass is 16.2. The van der Waals surface area contributed by atoms with E-state index in [1.54, 1.807) is 23.0 Å². The number of nitrogens with zero attached hydrogens (tertiary/aromatic N) is 4. The second kappa shape index (κ2) is 8.68. The van der Waals surface area contributed by atoms with Crippen molar-refractivity contribution in [2.24, 2.45) is 0 Å².